The van der Waals surface area contributed by atoms with Gasteiger partial charge in [-0.25, -0.2) is 4.98 Å². The van der Waals surface area contributed by atoms with Crippen molar-refractivity contribution in [3.8, 4) is 11.5 Å². The highest BCUT2D eigenvalue weighted by atomic mass is 35.5. The molecule has 1 saturated heterocycles. The van der Waals surface area contributed by atoms with Crippen LogP contribution in [0.15, 0.2) is 53.1 Å². The minimum absolute atomic E-state index is 0.0136. The van der Waals surface area contributed by atoms with E-state index in [1.54, 1.807) is 10.9 Å². The van der Waals surface area contributed by atoms with Crippen LogP contribution < -0.4 is 0 Å². The molecular formula is C25H26ClN5O2. The third kappa shape index (κ3) is 4.38. The summed E-state index contributed by atoms with van der Waals surface area (Å²) in [6.45, 7) is 5.93. The fourth-order valence-electron chi connectivity index (χ4n) is 4.51. The number of rotatable bonds is 4. The van der Waals surface area contributed by atoms with Crippen molar-refractivity contribution in [3.05, 3.63) is 70.6 Å². The second-order valence-electron chi connectivity index (χ2n) is 8.49. The lowest BCUT2D eigenvalue weighted by molar-refractivity contribution is 0.0763. The van der Waals surface area contributed by atoms with Crippen LogP contribution >= 0.6 is 11.6 Å². The first-order chi connectivity index (χ1) is 16.0. The van der Waals surface area contributed by atoms with Crippen molar-refractivity contribution < 1.29 is 9.21 Å². The third-order valence-corrected chi connectivity index (χ3v) is 6.42. The lowest BCUT2D eigenvalue weighted by Gasteiger charge is -2.22. The van der Waals surface area contributed by atoms with Gasteiger partial charge in [-0.2, -0.15) is 5.10 Å². The highest BCUT2D eigenvalue weighted by Gasteiger charge is 2.25. The van der Waals surface area contributed by atoms with Crippen LogP contribution in [0.25, 0.3) is 22.5 Å². The van der Waals surface area contributed by atoms with Gasteiger partial charge in [0.1, 0.15) is 5.69 Å². The number of nitrogens with zero attached hydrogens (tertiary/aromatic N) is 5. The Morgan fingerprint density at radius 2 is 1.94 bits per heavy atom. The number of aryl methyl sites for hydroxylation is 2. The molecule has 1 aromatic carbocycles. The highest BCUT2D eigenvalue weighted by molar-refractivity contribution is 6.30. The number of furan rings is 1. The quantitative estimate of drug-likeness (QED) is 0.444. The number of amides is 1. The topological polar surface area (TPSA) is 67.4 Å². The predicted octanol–water partition coefficient (Wildman–Crippen LogP) is 4.54. The molecule has 0 N–H and O–H groups in total. The van der Waals surface area contributed by atoms with Crippen LogP contribution in [0.5, 0.6) is 0 Å². The van der Waals surface area contributed by atoms with E-state index in [2.05, 4.69) is 22.1 Å². The zero-order valence-electron chi connectivity index (χ0n) is 18.8. The molecule has 8 heteroatoms. The summed E-state index contributed by atoms with van der Waals surface area (Å²) in [5.41, 5.74) is 3.97. The second kappa shape index (κ2) is 9.00. The van der Waals surface area contributed by atoms with Gasteiger partial charge in [-0.05, 0) is 49.2 Å². The molecule has 1 amide bonds. The molecule has 0 aliphatic carbocycles. The zero-order valence-corrected chi connectivity index (χ0v) is 19.5. The SMILES string of the molecule is Cc1nn(C)c2nc(-c3ccco3)cc(C(=O)N3CCCN(Cc4ccc(Cl)cc4)CC3)c12. The number of pyridine rings is 1. The standard InChI is InChI=1S/C25H26ClN5O2/c1-17-23-20(15-21(22-5-3-14-33-22)27-24(23)29(2)28-17)25(32)31-11-4-10-30(12-13-31)16-18-6-8-19(26)9-7-18/h3,5-9,14-15H,4,10-13,16H2,1-2H3. The number of benzene rings is 1. The van der Waals surface area contributed by atoms with Gasteiger partial charge in [-0.15, -0.1) is 0 Å². The zero-order chi connectivity index (χ0) is 22.9. The van der Waals surface area contributed by atoms with Crippen molar-refractivity contribution in [1.29, 1.82) is 0 Å². The van der Waals surface area contributed by atoms with Crippen LogP contribution in [-0.4, -0.2) is 56.7 Å². The molecule has 0 saturated carbocycles. The Bertz CT molecular complexity index is 1280. The number of carbonyl (C=O) groups is 1. The predicted molar refractivity (Wildman–Crippen MR) is 128 cm³/mol. The van der Waals surface area contributed by atoms with Gasteiger partial charge in [0.25, 0.3) is 5.91 Å². The minimum atomic E-state index is 0.0136. The Morgan fingerprint density at radius 3 is 2.70 bits per heavy atom. The first-order valence-electron chi connectivity index (χ1n) is 11.1. The monoisotopic (exact) mass is 463 g/mol. The van der Waals surface area contributed by atoms with E-state index in [0.717, 1.165) is 48.7 Å². The van der Waals surface area contributed by atoms with Crippen LogP contribution in [0.2, 0.25) is 5.02 Å². The van der Waals surface area contributed by atoms with Gasteiger partial charge in [0.2, 0.25) is 0 Å². The Balaban J connectivity index is 1.41. The summed E-state index contributed by atoms with van der Waals surface area (Å²) in [5, 5.41) is 6.07. The first kappa shape index (κ1) is 21.7. The maximum atomic E-state index is 13.7. The molecule has 4 heterocycles. The molecule has 0 radical (unpaired) electrons. The Hall–Kier alpha value is -3.16. The summed E-state index contributed by atoms with van der Waals surface area (Å²) in [4.78, 5) is 22.8. The first-order valence-corrected chi connectivity index (χ1v) is 11.5. The van der Waals surface area contributed by atoms with E-state index in [1.165, 1.54) is 5.56 Å². The molecule has 0 spiro atoms. The van der Waals surface area contributed by atoms with Crippen LogP contribution in [-0.2, 0) is 13.6 Å². The fourth-order valence-corrected chi connectivity index (χ4v) is 4.64. The van der Waals surface area contributed by atoms with E-state index in [4.69, 9.17) is 21.0 Å². The second-order valence-corrected chi connectivity index (χ2v) is 8.92. The molecule has 4 aromatic rings. The Labute approximate surface area is 197 Å². The molecular weight excluding hydrogens is 438 g/mol. The van der Waals surface area contributed by atoms with Crippen LogP contribution in [0.1, 0.15) is 28.0 Å². The van der Waals surface area contributed by atoms with Crippen molar-refractivity contribution in [3.63, 3.8) is 0 Å². The number of hydrogen-bond acceptors (Lipinski definition) is 5. The third-order valence-electron chi connectivity index (χ3n) is 6.17. The molecule has 33 heavy (non-hydrogen) atoms. The van der Waals surface area contributed by atoms with Crippen molar-refractivity contribution in [2.45, 2.75) is 19.9 Å². The van der Waals surface area contributed by atoms with Crippen molar-refractivity contribution in [2.75, 3.05) is 26.2 Å². The van der Waals surface area contributed by atoms with E-state index >= 15 is 0 Å². The van der Waals surface area contributed by atoms with Gasteiger partial charge in [0, 0.05) is 44.8 Å². The number of fused-ring (bicyclic) bond motifs is 1. The van der Waals surface area contributed by atoms with E-state index in [1.807, 2.05) is 49.2 Å². The maximum absolute atomic E-state index is 13.7. The normalized spacial score (nSPS) is 15.2. The average Bonchev–Trinajstić information content (AvgIpc) is 3.37. The van der Waals surface area contributed by atoms with Gasteiger partial charge in [0.05, 0.1) is 22.9 Å². The van der Waals surface area contributed by atoms with Gasteiger partial charge in [-0.1, -0.05) is 23.7 Å². The Morgan fingerprint density at radius 1 is 1.12 bits per heavy atom. The Kier molecular flexibility index (Phi) is 5.91. The number of carbonyl (C=O) groups excluding carboxylic acids is 1. The highest BCUT2D eigenvalue weighted by Crippen LogP contribution is 2.28. The summed E-state index contributed by atoms with van der Waals surface area (Å²) in [7, 11) is 1.85. The number of hydrogen-bond donors (Lipinski definition) is 0. The van der Waals surface area contributed by atoms with Gasteiger partial charge < -0.3 is 9.32 Å². The molecule has 170 valence electrons. The lowest BCUT2D eigenvalue weighted by Crippen LogP contribution is -2.35. The summed E-state index contributed by atoms with van der Waals surface area (Å²) < 4.78 is 7.29. The molecule has 0 atom stereocenters. The number of halogens is 1. The van der Waals surface area contributed by atoms with Crippen molar-refractivity contribution in [1.82, 2.24) is 24.6 Å². The molecule has 0 bridgehead atoms. The van der Waals surface area contributed by atoms with E-state index in [9.17, 15) is 4.79 Å². The molecule has 5 rings (SSSR count). The molecule has 0 unspecified atom stereocenters. The number of aromatic nitrogens is 3. The fraction of sp³-hybridized carbons (Fsp3) is 0.320. The largest absolute Gasteiger partial charge is 0.463 e. The van der Waals surface area contributed by atoms with Gasteiger partial charge in [0.15, 0.2) is 11.4 Å². The van der Waals surface area contributed by atoms with E-state index < -0.39 is 0 Å². The molecule has 1 aliphatic heterocycles. The smallest absolute Gasteiger partial charge is 0.254 e. The average molecular weight is 464 g/mol. The van der Waals surface area contributed by atoms with Gasteiger partial charge >= 0.3 is 0 Å². The molecule has 1 aliphatic rings. The van der Waals surface area contributed by atoms with Gasteiger partial charge in [-0.3, -0.25) is 14.4 Å². The van der Waals surface area contributed by atoms with Crippen LogP contribution in [0.3, 0.4) is 0 Å². The van der Waals surface area contributed by atoms with Crippen LogP contribution in [0, 0.1) is 6.92 Å². The van der Waals surface area contributed by atoms with Crippen molar-refractivity contribution >= 4 is 28.5 Å². The summed E-state index contributed by atoms with van der Waals surface area (Å²) >= 11 is 6.02. The summed E-state index contributed by atoms with van der Waals surface area (Å²) in [5.74, 6) is 0.648. The molecule has 3 aromatic heterocycles. The molecule has 1 fully saturated rings. The lowest BCUT2D eigenvalue weighted by atomic mass is 10.1. The molecule has 7 nitrogen and oxygen atoms in total. The summed E-state index contributed by atoms with van der Waals surface area (Å²) in [6, 6.07) is 13.5. The van der Waals surface area contributed by atoms with E-state index in [0.29, 0.717) is 29.2 Å². The van der Waals surface area contributed by atoms with Crippen LogP contribution in [0.4, 0.5) is 0 Å². The minimum Gasteiger partial charge on any atom is -0.463 e. The van der Waals surface area contributed by atoms with Crippen molar-refractivity contribution in [2.24, 2.45) is 7.05 Å². The summed E-state index contributed by atoms with van der Waals surface area (Å²) in [6.07, 6.45) is 2.53. The van der Waals surface area contributed by atoms with E-state index in [-0.39, 0.29) is 5.91 Å². The maximum Gasteiger partial charge on any atom is 0.254 e.